The van der Waals surface area contributed by atoms with E-state index >= 15 is 0 Å². The summed E-state index contributed by atoms with van der Waals surface area (Å²) in [6, 6.07) is 10.3. The van der Waals surface area contributed by atoms with Crippen molar-refractivity contribution in [2.24, 2.45) is 5.11 Å². The summed E-state index contributed by atoms with van der Waals surface area (Å²) >= 11 is 0. The van der Waals surface area contributed by atoms with Crippen LogP contribution in [0.3, 0.4) is 0 Å². The first-order valence-corrected chi connectivity index (χ1v) is 5.40. The maximum atomic E-state index is 8.32. The molecule has 7 nitrogen and oxygen atoms in total. The average molecular weight is 253 g/mol. The minimum Gasteiger partial charge on any atom is -0.459 e. The molecule has 92 valence electrons. The molecule has 0 aliphatic heterocycles. The second kappa shape index (κ2) is 4.67. The van der Waals surface area contributed by atoms with E-state index in [4.69, 9.17) is 14.4 Å². The van der Waals surface area contributed by atoms with Gasteiger partial charge in [0, 0.05) is 16.2 Å². The highest BCUT2D eigenvalue weighted by atomic mass is 16.4. The Bertz CT molecular complexity index is 724. The molecule has 2 heterocycles. The van der Waals surface area contributed by atoms with E-state index in [1.165, 1.54) is 6.26 Å². The van der Waals surface area contributed by atoms with Crippen molar-refractivity contribution in [3.63, 3.8) is 0 Å². The molecular weight excluding hydrogens is 246 g/mol. The zero-order valence-electron chi connectivity index (χ0n) is 9.59. The minimum absolute atomic E-state index is 0.319. The zero-order chi connectivity index (χ0) is 13.1. The molecule has 3 rings (SSSR count). The van der Waals surface area contributed by atoms with Gasteiger partial charge in [-0.25, -0.2) is 0 Å². The molecule has 19 heavy (non-hydrogen) atoms. The Hall–Kier alpha value is -3.05. The second-order valence-electron chi connectivity index (χ2n) is 3.63. The normalized spacial score (nSPS) is 10.1. The Morgan fingerprint density at radius 2 is 1.84 bits per heavy atom. The Morgan fingerprint density at radius 1 is 1.05 bits per heavy atom. The molecule has 0 atom stereocenters. The van der Waals surface area contributed by atoms with Crippen molar-refractivity contribution in [3.05, 3.63) is 53.1 Å². The van der Waals surface area contributed by atoms with Crippen LogP contribution in [0.2, 0.25) is 0 Å². The summed E-state index contributed by atoms with van der Waals surface area (Å²) in [6.07, 6.45) is 1.54. The van der Waals surface area contributed by atoms with Gasteiger partial charge in [-0.05, 0) is 29.8 Å². The van der Waals surface area contributed by atoms with Crippen molar-refractivity contribution in [2.75, 3.05) is 0 Å². The Balaban J connectivity index is 1.92. The lowest BCUT2D eigenvalue weighted by Crippen LogP contribution is -1.76. The number of benzene rings is 1. The summed E-state index contributed by atoms with van der Waals surface area (Å²) in [5.41, 5.74) is 9.59. The highest BCUT2D eigenvalue weighted by Gasteiger charge is 2.11. The Labute approximate surface area is 107 Å². The molecule has 1 aromatic carbocycles. The molecule has 0 amide bonds. The van der Waals surface area contributed by atoms with Crippen LogP contribution in [0.25, 0.3) is 33.5 Å². The summed E-state index contributed by atoms with van der Waals surface area (Å²) < 4.78 is 10.7. The second-order valence-corrected chi connectivity index (χ2v) is 3.63. The lowest BCUT2D eigenvalue weighted by molar-refractivity contribution is 0.523. The fraction of sp³-hybridized carbons (Fsp3) is 0. The number of hydrogen-bond donors (Lipinski definition) is 0. The standard InChI is InChI=1S/C12H7N5O2/c13-17-14-9-5-3-8(4-6-9)11-15-16-12(19-11)10-2-1-7-18-10/h1-7H. The first-order valence-electron chi connectivity index (χ1n) is 5.40. The van der Waals surface area contributed by atoms with Gasteiger partial charge in [-0.1, -0.05) is 17.2 Å². The number of rotatable bonds is 3. The number of azide groups is 1. The van der Waals surface area contributed by atoms with Gasteiger partial charge >= 0.3 is 0 Å². The molecule has 0 saturated carbocycles. The van der Waals surface area contributed by atoms with Gasteiger partial charge in [-0.3, -0.25) is 0 Å². The van der Waals surface area contributed by atoms with E-state index in [1.807, 2.05) is 0 Å². The lowest BCUT2D eigenvalue weighted by Gasteiger charge is -1.94. The van der Waals surface area contributed by atoms with Crippen LogP contribution in [-0.4, -0.2) is 10.2 Å². The average Bonchev–Trinajstić information content (AvgIpc) is 3.11. The van der Waals surface area contributed by atoms with Gasteiger partial charge in [0.2, 0.25) is 5.89 Å². The van der Waals surface area contributed by atoms with Crippen molar-refractivity contribution in [3.8, 4) is 23.1 Å². The summed E-state index contributed by atoms with van der Waals surface area (Å²) in [5.74, 6) is 1.21. The predicted molar refractivity (Wildman–Crippen MR) is 66.2 cm³/mol. The number of hydrogen-bond acceptors (Lipinski definition) is 5. The summed E-state index contributed by atoms with van der Waals surface area (Å²) in [6.45, 7) is 0. The summed E-state index contributed by atoms with van der Waals surface area (Å²) in [5, 5.41) is 11.3. The quantitative estimate of drug-likeness (QED) is 0.400. The van der Waals surface area contributed by atoms with Gasteiger partial charge in [-0.2, -0.15) is 0 Å². The molecular formula is C12H7N5O2. The van der Waals surface area contributed by atoms with Crippen LogP contribution >= 0.6 is 0 Å². The van der Waals surface area contributed by atoms with Crippen molar-refractivity contribution in [1.29, 1.82) is 0 Å². The molecule has 7 heteroatoms. The van der Waals surface area contributed by atoms with E-state index < -0.39 is 0 Å². The predicted octanol–water partition coefficient (Wildman–Crippen LogP) is 3.94. The fourth-order valence-electron chi connectivity index (χ4n) is 1.56. The van der Waals surface area contributed by atoms with Gasteiger partial charge in [-0.15, -0.1) is 10.2 Å². The molecule has 0 aliphatic carbocycles. The Morgan fingerprint density at radius 3 is 2.53 bits per heavy atom. The van der Waals surface area contributed by atoms with Crippen LogP contribution < -0.4 is 0 Å². The first-order chi connectivity index (χ1) is 9.36. The van der Waals surface area contributed by atoms with E-state index in [-0.39, 0.29) is 0 Å². The number of furan rings is 1. The van der Waals surface area contributed by atoms with Gasteiger partial charge < -0.3 is 8.83 Å². The third kappa shape index (κ3) is 2.18. The highest BCUT2D eigenvalue weighted by Crippen LogP contribution is 2.25. The van der Waals surface area contributed by atoms with E-state index in [0.29, 0.717) is 23.2 Å². The molecule has 0 bridgehead atoms. The van der Waals surface area contributed by atoms with Crippen molar-refractivity contribution < 1.29 is 8.83 Å². The van der Waals surface area contributed by atoms with E-state index in [0.717, 1.165) is 5.56 Å². The topological polar surface area (TPSA) is 101 Å². The van der Waals surface area contributed by atoms with Crippen LogP contribution in [0.4, 0.5) is 5.69 Å². The molecule has 0 aliphatic rings. The van der Waals surface area contributed by atoms with Crippen LogP contribution in [0.1, 0.15) is 0 Å². The molecule has 3 aromatic rings. The largest absolute Gasteiger partial charge is 0.459 e. The number of aromatic nitrogens is 2. The van der Waals surface area contributed by atoms with E-state index in [1.54, 1.807) is 36.4 Å². The van der Waals surface area contributed by atoms with Gasteiger partial charge in [0.1, 0.15) is 0 Å². The van der Waals surface area contributed by atoms with Crippen molar-refractivity contribution in [2.45, 2.75) is 0 Å². The maximum absolute atomic E-state index is 8.32. The maximum Gasteiger partial charge on any atom is 0.283 e. The smallest absolute Gasteiger partial charge is 0.283 e. The fourth-order valence-corrected chi connectivity index (χ4v) is 1.56. The van der Waals surface area contributed by atoms with Gasteiger partial charge in [0.25, 0.3) is 5.89 Å². The lowest BCUT2D eigenvalue weighted by atomic mass is 10.2. The third-order valence-electron chi connectivity index (χ3n) is 2.43. The molecule has 0 radical (unpaired) electrons. The summed E-state index contributed by atoms with van der Waals surface area (Å²) in [4.78, 5) is 2.71. The molecule has 0 spiro atoms. The molecule has 0 N–H and O–H groups in total. The van der Waals surface area contributed by atoms with E-state index in [9.17, 15) is 0 Å². The van der Waals surface area contributed by atoms with Crippen LogP contribution in [-0.2, 0) is 0 Å². The van der Waals surface area contributed by atoms with Crippen LogP contribution in [0, 0.1) is 0 Å². The minimum atomic E-state index is 0.319. The van der Waals surface area contributed by atoms with Crippen LogP contribution in [0.5, 0.6) is 0 Å². The van der Waals surface area contributed by atoms with Gasteiger partial charge in [0.05, 0.1) is 6.26 Å². The number of nitrogens with zero attached hydrogens (tertiary/aromatic N) is 5. The molecule has 0 unspecified atom stereocenters. The van der Waals surface area contributed by atoms with Gasteiger partial charge in [0.15, 0.2) is 5.76 Å². The first kappa shape index (κ1) is 11.1. The van der Waals surface area contributed by atoms with Crippen molar-refractivity contribution >= 4 is 5.69 Å². The highest BCUT2D eigenvalue weighted by molar-refractivity contribution is 5.58. The molecule has 0 fully saturated rings. The SMILES string of the molecule is [N-]=[N+]=Nc1ccc(-c2nnc(-c3ccco3)o2)cc1. The monoisotopic (exact) mass is 253 g/mol. The molecule has 2 aromatic heterocycles. The van der Waals surface area contributed by atoms with Crippen LogP contribution in [0.15, 0.2) is 56.6 Å². The Kier molecular flexibility index (Phi) is 2.72. The van der Waals surface area contributed by atoms with E-state index in [2.05, 4.69) is 20.2 Å². The van der Waals surface area contributed by atoms with Crippen molar-refractivity contribution in [1.82, 2.24) is 10.2 Å². The third-order valence-corrected chi connectivity index (χ3v) is 2.43. The summed E-state index contributed by atoms with van der Waals surface area (Å²) in [7, 11) is 0. The molecule has 0 saturated heterocycles. The zero-order valence-corrected chi connectivity index (χ0v) is 9.59.